The average molecular weight is 294 g/mol. The lowest BCUT2D eigenvalue weighted by atomic mass is 9.97. The number of piperidine rings is 1. The molecule has 21 heavy (non-hydrogen) atoms. The molecule has 7 nitrogen and oxygen atoms in total. The van der Waals surface area contributed by atoms with Crippen molar-refractivity contribution in [3.8, 4) is 0 Å². The van der Waals surface area contributed by atoms with E-state index in [9.17, 15) is 4.79 Å². The summed E-state index contributed by atoms with van der Waals surface area (Å²) in [5.41, 5.74) is 0. The van der Waals surface area contributed by atoms with Crippen LogP contribution in [0.4, 0.5) is 0 Å². The van der Waals surface area contributed by atoms with Gasteiger partial charge in [0.1, 0.15) is 0 Å². The zero-order valence-corrected chi connectivity index (χ0v) is 12.5. The van der Waals surface area contributed by atoms with E-state index in [2.05, 4.69) is 15.0 Å². The number of carbonyl (C=O) groups excluding carboxylic acids is 1. The van der Waals surface area contributed by atoms with Crippen molar-refractivity contribution in [3.63, 3.8) is 0 Å². The number of likely N-dealkylation sites (tertiary alicyclic amines) is 1. The molecule has 0 saturated carbocycles. The molecule has 116 valence electrons. The van der Waals surface area contributed by atoms with E-state index in [4.69, 9.17) is 9.26 Å². The van der Waals surface area contributed by atoms with Crippen LogP contribution in [0.3, 0.4) is 0 Å². The molecule has 2 aliphatic heterocycles. The van der Waals surface area contributed by atoms with Gasteiger partial charge in [0.25, 0.3) is 0 Å². The Morgan fingerprint density at radius 1 is 1.33 bits per heavy atom. The molecule has 1 aromatic rings. The Bertz CT molecular complexity index is 484. The molecular formula is C14H22N4O3. The third kappa shape index (κ3) is 3.59. The molecule has 0 radical (unpaired) electrons. The number of amides is 1. The van der Waals surface area contributed by atoms with Gasteiger partial charge in [0.2, 0.25) is 11.8 Å². The highest BCUT2D eigenvalue weighted by Crippen LogP contribution is 2.24. The Morgan fingerprint density at radius 3 is 2.86 bits per heavy atom. The van der Waals surface area contributed by atoms with Crippen LogP contribution < -0.4 is 0 Å². The van der Waals surface area contributed by atoms with Gasteiger partial charge in [0.15, 0.2) is 5.82 Å². The Balaban J connectivity index is 1.56. The number of rotatable bonds is 3. The van der Waals surface area contributed by atoms with Gasteiger partial charge in [-0.2, -0.15) is 4.98 Å². The summed E-state index contributed by atoms with van der Waals surface area (Å²) in [6.45, 7) is 6.93. The number of aryl methyl sites for hydroxylation is 1. The third-order valence-corrected chi connectivity index (χ3v) is 4.15. The third-order valence-electron chi connectivity index (χ3n) is 4.15. The molecule has 2 fully saturated rings. The summed E-state index contributed by atoms with van der Waals surface area (Å²) in [5, 5.41) is 4.00. The minimum Gasteiger partial charge on any atom is -0.379 e. The quantitative estimate of drug-likeness (QED) is 0.804. The normalized spacial score (nSPS) is 24.2. The summed E-state index contributed by atoms with van der Waals surface area (Å²) in [7, 11) is 0. The van der Waals surface area contributed by atoms with Crippen molar-refractivity contribution in [1.29, 1.82) is 0 Å². The van der Waals surface area contributed by atoms with E-state index in [-0.39, 0.29) is 11.8 Å². The fraction of sp³-hybridized carbons (Fsp3) is 0.786. The van der Waals surface area contributed by atoms with Crippen molar-refractivity contribution in [3.05, 3.63) is 11.7 Å². The molecule has 0 spiro atoms. The highest BCUT2D eigenvalue weighted by Gasteiger charge is 2.28. The number of nitrogens with zero attached hydrogens (tertiary/aromatic N) is 4. The molecule has 3 rings (SSSR count). The molecule has 0 N–H and O–H groups in total. The van der Waals surface area contributed by atoms with Gasteiger partial charge in [0, 0.05) is 39.0 Å². The molecule has 1 amide bonds. The molecule has 3 heterocycles. The topological polar surface area (TPSA) is 71.7 Å². The van der Waals surface area contributed by atoms with Crippen LogP contribution in [0.25, 0.3) is 0 Å². The van der Waals surface area contributed by atoms with Gasteiger partial charge < -0.3 is 14.2 Å². The van der Waals surface area contributed by atoms with E-state index in [1.54, 1.807) is 6.92 Å². The van der Waals surface area contributed by atoms with Gasteiger partial charge in [-0.05, 0) is 12.8 Å². The smallest absolute Gasteiger partial charge is 0.236 e. The van der Waals surface area contributed by atoms with Crippen molar-refractivity contribution in [2.75, 3.05) is 45.9 Å². The molecular weight excluding hydrogens is 272 g/mol. The van der Waals surface area contributed by atoms with Crippen molar-refractivity contribution in [2.24, 2.45) is 0 Å². The summed E-state index contributed by atoms with van der Waals surface area (Å²) in [6.07, 6.45) is 2.01. The molecule has 0 unspecified atom stereocenters. The number of aromatic nitrogens is 2. The first kappa shape index (κ1) is 14.5. The van der Waals surface area contributed by atoms with Crippen molar-refractivity contribution >= 4 is 5.91 Å². The lowest BCUT2D eigenvalue weighted by Crippen LogP contribution is -2.47. The van der Waals surface area contributed by atoms with Crippen LogP contribution in [0, 0.1) is 6.92 Å². The Labute approximate surface area is 124 Å². The highest BCUT2D eigenvalue weighted by molar-refractivity contribution is 5.78. The van der Waals surface area contributed by atoms with E-state index < -0.39 is 0 Å². The van der Waals surface area contributed by atoms with Crippen molar-refractivity contribution < 1.29 is 14.1 Å². The monoisotopic (exact) mass is 294 g/mol. The lowest BCUT2D eigenvalue weighted by Gasteiger charge is -2.34. The second-order valence-electron chi connectivity index (χ2n) is 5.74. The van der Waals surface area contributed by atoms with Crippen LogP contribution in [0.15, 0.2) is 4.52 Å². The van der Waals surface area contributed by atoms with Crippen LogP contribution in [0.2, 0.25) is 0 Å². The van der Waals surface area contributed by atoms with Crippen molar-refractivity contribution in [2.45, 2.75) is 25.7 Å². The van der Waals surface area contributed by atoms with E-state index in [1.807, 2.05) is 4.90 Å². The average Bonchev–Trinajstić information content (AvgIpc) is 2.95. The molecule has 7 heteroatoms. The minimum atomic E-state index is 0.196. The Kier molecular flexibility index (Phi) is 4.50. The Hall–Kier alpha value is -1.47. The van der Waals surface area contributed by atoms with Gasteiger partial charge in [-0.25, -0.2) is 0 Å². The van der Waals surface area contributed by atoms with E-state index in [1.165, 1.54) is 0 Å². The van der Waals surface area contributed by atoms with Gasteiger partial charge >= 0.3 is 0 Å². The van der Waals surface area contributed by atoms with E-state index >= 15 is 0 Å². The number of carbonyl (C=O) groups is 1. The summed E-state index contributed by atoms with van der Waals surface area (Å²) >= 11 is 0. The summed E-state index contributed by atoms with van der Waals surface area (Å²) in [4.78, 5) is 20.8. The second-order valence-corrected chi connectivity index (χ2v) is 5.74. The molecule has 2 saturated heterocycles. The first-order valence-electron chi connectivity index (χ1n) is 7.60. The van der Waals surface area contributed by atoms with Crippen LogP contribution >= 0.6 is 0 Å². The Morgan fingerprint density at radius 2 is 2.14 bits per heavy atom. The maximum Gasteiger partial charge on any atom is 0.236 e. The van der Waals surface area contributed by atoms with Gasteiger partial charge in [-0.15, -0.1) is 0 Å². The fourth-order valence-electron chi connectivity index (χ4n) is 2.95. The second kappa shape index (κ2) is 6.53. The molecule has 0 aliphatic carbocycles. The van der Waals surface area contributed by atoms with Crippen LogP contribution in [0.1, 0.15) is 30.5 Å². The maximum absolute atomic E-state index is 12.4. The molecule has 1 atom stereocenters. The zero-order valence-electron chi connectivity index (χ0n) is 12.5. The number of morpholine rings is 1. The van der Waals surface area contributed by atoms with Crippen LogP contribution in [0.5, 0.6) is 0 Å². The zero-order chi connectivity index (χ0) is 14.7. The van der Waals surface area contributed by atoms with Gasteiger partial charge in [-0.3, -0.25) is 9.69 Å². The molecule has 1 aromatic heterocycles. The predicted octanol–water partition coefficient (Wildman–Crippen LogP) is 0.416. The summed E-state index contributed by atoms with van der Waals surface area (Å²) in [6, 6.07) is 0. The largest absolute Gasteiger partial charge is 0.379 e. The molecule has 0 bridgehead atoms. The molecule has 2 aliphatic rings. The van der Waals surface area contributed by atoms with Crippen LogP contribution in [-0.4, -0.2) is 71.8 Å². The van der Waals surface area contributed by atoms with E-state index in [0.29, 0.717) is 19.0 Å². The first-order chi connectivity index (χ1) is 10.2. The number of hydrogen-bond acceptors (Lipinski definition) is 6. The SMILES string of the molecule is Cc1nc([C@H]2CCCN(C(=O)CN3CCOCC3)C2)no1. The summed E-state index contributed by atoms with van der Waals surface area (Å²) in [5.74, 6) is 1.71. The standard InChI is InChI=1S/C14H22N4O3/c1-11-15-14(16-21-11)12-3-2-4-18(9-12)13(19)10-17-5-7-20-8-6-17/h12H,2-10H2,1H3/t12-/m0/s1. The first-order valence-corrected chi connectivity index (χ1v) is 7.60. The number of hydrogen-bond donors (Lipinski definition) is 0. The number of ether oxygens (including phenoxy) is 1. The molecule has 0 aromatic carbocycles. The predicted molar refractivity (Wildman–Crippen MR) is 74.8 cm³/mol. The van der Waals surface area contributed by atoms with Gasteiger partial charge in [0.05, 0.1) is 19.8 Å². The maximum atomic E-state index is 12.4. The van der Waals surface area contributed by atoms with E-state index in [0.717, 1.165) is 51.5 Å². The fourth-order valence-corrected chi connectivity index (χ4v) is 2.95. The lowest BCUT2D eigenvalue weighted by molar-refractivity contribution is -0.134. The van der Waals surface area contributed by atoms with Crippen molar-refractivity contribution in [1.82, 2.24) is 19.9 Å². The minimum absolute atomic E-state index is 0.196. The highest BCUT2D eigenvalue weighted by atomic mass is 16.5. The summed E-state index contributed by atoms with van der Waals surface area (Å²) < 4.78 is 10.4. The van der Waals surface area contributed by atoms with Crippen LogP contribution in [-0.2, 0) is 9.53 Å². The van der Waals surface area contributed by atoms with Gasteiger partial charge in [-0.1, -0.05) is 5.16 Å².